The van der Waals surface area contributed by atoms with E-state index in [0.717, 1.165) is 9.87 Å². The average Bonchev–Trinajstić information content (AvgIpc) is 3.02. The molecule has 4 aromatic rings. The van der Waals surface area contributed by atoms with Crippen LogP contribution >= 0.6 is 23.2 Å². The number of nitrogens with one attached hydrogen (secondary N) is 1. The van der Waals surface area contributed by atoms with Crippen LogP contribution in [0.25, 0.3) is 0 Å². The second-order valence-corrected chi connectivity index (χ2v) is 12.3. The maximum atomic E-state index is 14.4. The van der Waals surface area contributed by atoms with Gasteiger partial charge in [-0.1, -0.05) is 83.9 Å². The second-order valence-electron chi connectivity index (χ2n) is 9.61. The first-order valence-corrected chi connectivity index (χ1v) is 15.5. The second kappa shape index (κ2) is 14.4. The first-order valence-electron chi connectivity index (χ1n) is 13.3. The zero-order chi connectivity index (χ0) is 31.0. The van der Waals surface area contributed by atoms with Crippen molar-refractivity contribution in [1.82, 2.24) is 10.2 Å². The highest BCUT2D eigenvalue weighted by atomic mass is 35.5. The Labute approximate surface area is 261 Å². The number of methoxy groups -OCH3 is 1. The van der Waals surface area contributed by atoms with Crippen LogP contribution in [0.4, 0.5) is 5.69 Å². The number of benzene rings is 4. The number of hydrogen-bond donors (Lipinski definition) is 1. The van der Waals surface area contributed by atoms with Crippen molar-refractivity contribution in [2.75, 3.05) is 25.0 Å². The minimum atomic E-state index is -4.29. The van der Waals surface area contributed by atoms with Gasteiger partial charge in [-0.05, 0) is 53.6 Å². The molecule has 0 bridgehead atoms. The Bertz CT molecular complexity index is 1650. The van der Waals surface area contributed by atoms with Crippen LogP contribution in [-0.4, -0.2) is 51.9 Å². The van der Waals surface area contributed by atoms with Gasteiger partial charge >= 0.3 is 0 Å². The maximum absolute atomic E-state index is 14.4. The summed E-state index contributed by atoms with van der Waals surface area (Å²) in [5, 5.41) is 3.43. The Hall–Kier alpha value is -4.05. The summed E-state index contributed by atoms with van der Waals surface area (Å²) < 4.78 is 34.6. The molecule has 224 valence electrons. The monoisotopic (exact) mass is 639 g/mol. The van der Waals surface area contributed by atoms with Crippen LogP contribution in [0.15, 0.2) is 108 Å². The zero-order valence-electron chi connectivity index (χ0n) is 23.6. The molecule has 0 aliphatic carbocycles. The smallest absolute Gasteiger partial charge is 0.264 e. The molecular formula is C32H31Cl2N3O5S. The maximum Gasteiger partial charge on any atom is 0.264 e. The SMILES string of the molecule is CNC(=O)[C@H](Cc1ccccc1)N(Cc1ccc(Cl)cc1)C(=O)CN(c1cc(Cl)ccc1OC)S(=O)(=O)c1ccccc1. The number of carbonyl (C=O) groups excluding carboxylic acids is 2. The summed E-state index contributed by atoms with van der Waals surface area (Å²) in [6.07, 6.45) is 0.200. The van der Waals surface area contributed by atoms with Gasteiger partial charge in [-0.25, -0.2) is 8.42 Å². The molecule has 0 aromatic heterocycles. The number of halogens is 2. The highest BCUT2D eigenvalue weighted by molar-refractivity contribution is 7.92. The lowest BCUT2D eigenvalue weighted by Crippen LogP contribution is -2.53. The van der Waals surface area contributed by atoms with Gasteiger partial charge < -0.3 is 15.0 Å². The van der Waals surface area contributed by atoms with E-state index in [2.05, 4.69) is 5.32 Å². The van der Waals surface area contributed by atoms with Crippen molar-refractivity contribution in [3.05, 3.63) is 124 Å². The molecule has 1 N–H and O–H groups in total. The molecule has 0 aliphatic heterocycles. The summed E-state index contributed by atoms with van der Waals surface area (Å²) in [4.78, 5) is 29.0. The summed E-state index contributed by atoms with van der Waals surface area (Å²) in [6, 6.07) is 27.5. The van der Waals surface area contributed by atoms with Gasteiger partial charge in [0.2, 0.25) is 11.8 Å². The molecule has 0 aliphatic rings. The van der Waals surface area contributed by atoms with Gasteiger partial charge in [0.15, 0.2) is 0 Å². The van der Waals surface area contributed by atoms with Gasteiger partial charge in [0.1, 0.15) is 18.3 Å². The lowest BCUT2D eigenvalue weighted by molar-refractivity contribution is -0.139. The third kappa shape index (κ3) is 7.87. The summed E-state index contributed by atoms with van der Waals surface area (Å²) >= 11 is 12.4. The van der Waals surface area contributed by atoms with Crippen molar-refractivity contribution in [1.29, 1.82) is 0 Å². The quantitative estimate of drug-likeness (QED) is 0.218. The third-order valence-electron chi connectivity index (χ3n) is 6.80. The molecule has 0 saturated heterocycles. The fourth-order valence-electron chi connectivity index (χ4n) is 4.60. The Morgan fingerprint density at radius 3 is 2.05 bits per heavy atom. The van der Waals surface area contributed by atoms with E-state index >= 15 is 0 Å². The zero-order valence-corrected chi connectivity index (χ0v) is 25.9. The van der Waals surface area contributed by atoms with Crippen LogP contribution in [0, 0.1) is 0 Å². The number of likely N-dealkylation sites (N-methyl/N-ethyl adjacent to an activating group) is 1. The van der Waals surface area contributed by atoms with Crippen LogP contribution < -0.4 is 14.4 Å². The number of rotatable bonds is 12. The molecule has 0 radical (unpaired) electrons. The lowest BCUT2D eigenvalue weighted by atomic mass is 10.0. The molecule has 4 aromatic carbocycles. The summed E-state index contributed by atoms with van der Waals surface area (Å²) in [5.74, 6) is -0.807. The summed E-state index contributed by atoms with van der Waals surface area (Å²) in [7, 11) is -1.40. The average molecular weight is 641 g/mol. The largest absolute Gasteiger partial charge is 0.495 e. The number of anilines is 1. The molecule has 0 fully saturated rings. The Balaban J connectivity index is 1.82. The molecule has 11 heteroatoms. The fraction of sp³-hybridized carbons (Fsp3) is 0.188. The van der Waals surface area contributed by atoms with Crippen LogP contribution in [0.3, 0.4) is 0 Å². The summed E-state index contributed by atoms with van der Waals surface area (Å²) in [5.41, 5.74) is 1.62. The van der Waals surface area contributed by atoms with E-state index in [4.69, 9.17) is 27.9 Å². The minimum absolute atomic E-state index is 0.0207. The van der Waals surface area contributed by atoms with E-state index in [9.17, 15) is 18.0 Å². The predicted octanol–water partition coefficient (Wildman–Crippen LogP) is 5.58. The van der Waals surface area contributed by atoms with E-state index in [1.165, 1.54) is 43.3 Å². The number of hydrogen-bond acceptors (Lipinski definition) is 5. The van der Waals surface area contributed by atoms with E-state index in [1.54, 1.807) is 48.5 Å². The van der Waals surface area contributed by atoms with Crippen molar-refractivity contribution in [2.45, 2.75) is 23.9 Å². The van der Waals surface area contributed by atoms with Crippen LogP contribution in [0.1, 0.15) is 11.1 Å². The van der Waals surface area contributed by atoms with E-state index in [-0.39, 0.29) is 34.3 Å². The fourth-order valence-corrected chi connectivity index (χ4v) is 6.33. The molecule has 0 unspecified atom stereocenters. The molecule has 4 rings (SSSR count). The normalized spacial score (nSPS) is 11.8. The van der Waals surface area contributed by atoms with Crippen molar-refractivity contribution in [3.63, 3.8) is 0 Å². The van der Waals surface area contributed by atoms with Gasteiger partial charge in [0.25, 0.3) is 10.0 Å². The number of ether oxygens (including phenoxy) is 1. The van der Waals surface area contributed by atoms with Crippen LogP contribution in [-0.2, 0) is 32.6 Å². The third-order valence-corrected chi connectivity index (χ3v) is 9.06. The van der Waals surface area contributed by atoms with Gasteiger partial charge in [0, 0.05) is 30.1 Å². The molecule has 43 heavy (non-hydrogen) atoms. The first-order chi connectivity index (χ1) is 20.6. The van der Waals surface area contributed by atoms with Gasteiger partial charge in [0.05, 0.1) is 17.7 Å². The Morgan fingerprint density at radius 1 is 0.837 bits per heavy atom. The number of nitrogens with zero attached hydrogens (tertiary/aromatic N) is 2. The highest BCUT2D eigenvalue weighted by Crippen LogP contribution is 2.35. The summed E-state index contributed by atoms with van der Waals surface area (Å²) in [6.45, 7) is -0.614. The van der Waals surface area contributed by atoms with E-state index in [1.807, 2.05) is 30.3 Å². The van der Waals surface area contributed by atoms with Crippen molar-refractivity contribution < 1.29 is 22.7 Å². The number of sulfonamides is 1. The molecule has 2 amide bonds. The topological polar surface area (TPSA) is 96.0 Å². The highest BCUT2D eigenvalue weighted by Gasteiger charge is 2.35. The van der Waals surface area contributed by atoms with Gasteiger partial charge in [-0.3, -0.25) is 13.9 Å². The Kier molecular flexibility index (Phi) is 10.7. The standard InChI is InChI=1S/C32H31Cl2N3O5S/c1-35-32(39)29(19-23-9-5-3-6-10-23)36(21-24-13-15-25(33)16-14-24)31(38)22-37(28-20-26(34)17-18-30(28)42-2)43(40,41)27-11-7-4-8-12-27/h3-18,20,29H,19,21-22H2,1-2H3,(H,35,39)/t29-/m0/s1. The van der Waals surface area contributed by atoms with Crippen LogP contribution in [0.5, 0.6) is 5.75 Å². The predicted molar refractivity (Wildman–Crippen MR) is 169 cm³/mol. The molecule has 0 spiro atoms. The Morgan fingerprint density at radius 2 is 1.44 bits per heavy atom. The van der Waals surface area contributed by atoms with Crippen molar-refractivity contribution >= 4 is 50.7 Å². The minimum Gasteiger partial charge on any atom is -0.495 e. The molecule has 1 atom stereocenters. The molecule has 0 heterocycles. The van der Waals surface area contributed by atoms with Gasteiger partial charge in [-0.15, -0.1) is 0 Å². The molecule has 8 nitrogen and oxygen atoms in total. The van der Waals surface area contributed by atoms with E-state index in [0.29, 0.717) is 10.6 Å². The van der Waals surface area contributed by atoms with Crippen molar-refractivity contribution in [3.8, 4) is 5.75 Å². The number of amides is 2. The lowest BCUT2D eigenvalue weighted by Gasteiger charge is -2.34. The van der Waals surface area contributed by atoms with Crippen molar-refractivity contribution in [2.24, 2.45) is 0 Å². The number of carbonyl (C=O) groups is 2. The van der Waals surface area contributed by atoms with Crippen LogP contribution in [0.2, 0.25) is 10.0 Å². The molecular weight excluding hydrogens is 609 g/mol. The molecule has 0 saturated carbocycles. The van der Waals surface area contributed by atoms with Gasteiger partial charge in [-0.2, -0.15) is 0 Å². The first kappa shape index (κ1) is 31.9. The van der Waals surface area contributed by atoms with E-state index < -0.39 is 34.4 Å².